The van der Waals surface area contributed by atoms with E-state index >= 15 is 0 Å². The molecule has 0 heterocycles. The van der Waals surface area contributed by atoms with Gasteiger partial charge >= 0.3 is 0 Å². The highest BCUT2D eigenvalue weighted by Crippen LogP contribution is 2.69. The normalized spacial score (nSPS) is 50.5. The Labute approximate surface area is 194 Å². The molecule has 184 valence electrons. The van der Waals surface area contributed by atoms with Gasteiger partial charge in [-0.3, -0.25) is 4.79 Å². The van der Waals surface area contributed by atoms with Crippen molar-refractivity contribution in [1.82, 2.24) is 0 Å². The lowest BCUT2D eigenvalue weighted by Crippen LogP contribution is -2.68. The van der Waals surface area contributed by atoms with E-state index < -0.39 is 17.6 Å². The lowest BCUT2D eigenvalue weighted by atomic mass is 9.42. The molecule has 0 aromatic heterocycles. The first-order valence-electron chi connectivity index (χ1n) is 13.1. The van der Waals surface area contributed by atoms with Gasteiger partial charge < -0.3 is 20.4 Å². The van der Waals surface area contributed by atoms with Crippen molar-refractivity contribution < 1.29 is 25.2 Å². The fraction of sp³-hybridized carbons (Fsp3) is 0.963. The van der Waals surface area contributed by atoms with Crippen molar-refractivity contribution in [2.75, 3.05) is 0 Å². The van der Waals surface area contributed by atoms with E-state index in [-0.39, 0.29) is 58.9 Å². The molecule has 0 bridgehead atoms. The van der Waals surface area contributed by atoms with Crippen LogP contribution in [0.15, 0.2) is 0 Å². The molecule has 4 aliphatic carbocycles. The third kappa shape index (κ3) is 3.61. The Morgan fingerprint density at radius 2 is 1.69 bits per heavy atom. The summed E-state index contributed by atoms with van der Waals surface area (Å²) < 4.78 is 0. The Balaban J connectivity index is 1.60. The Hall–Kier alpha value is -0.490. The molecule has 0 aliphatic heterocycles. The largest absolute Gasteiger partial charge is 0.393 e. The van der Waals surface area contributed by atoms with E-state index in [4.69, 9.17) is 0 Å². The molecule has 4 saturated carbocycles. The molecule has 5 nitrogen and oxygen atoms in total. The second-order valence-electron chi connectivity index (χ2n) is 13.0. The maximum absolute atomic E-state index is 13.5. The Morgan fingerprint density at radius 3 is 2.34 bits per heavy atom. The van der Waals surface area contributed by atoms with Crippen molar-refractivity contribution in [3.63, 3.8) is 0 Å². The van der Waals surface area contributed by atoms with Crippen LogP contribution in [-0.4, -0.2) is 50.1 Å². The molecule has 0 aromatic rings. The Bertz CT molecular complexity index is 723. The van der Waals surface area contributed by atoms with Crippen molar-refractivity contribution in [3.8, 4) is 0 Å². The molecule has 4 N–H and O–H groups in total. The fourth-order valence-electron chi connectivity index (χ4n) is 9.07. The highest BCUT2D eigenvalue weighted by atomic mass is 16.3. The number of hydrogen-bond donors (Lipinski definition) is 4. The fourth-order valence-corrected chi connectivity index (χ4v) is 9.07. The molecule has 0 amide bonds. The average Bonchev–Trinajstić information content (AvgIpc) is 2.98. The SMILES string of the molecule is CC(C)[C@@H](O)CC[C@@H](C)[C@H]1CC(=O)[C@@H]2[C@]1(C)CC[C@H]1[C@@]2(O)C[C@H](O)C2C[C@@H](O)CC[C@@]21C. The minimum absolute atomic E-state index is 0.00487. The maximum Gasteiger partial charge on any atom is 0.139 e. The summed E-state index contributed by atoms with van der Waals surface area (Å²) in [7, 11) is 0. The van der Waals surface area contributed by atoms with Gasteiger partial charge in [-0.25, -0.2) is 0 Å². The molecular weight excluding hydrogens is 404 g/mol. The van der Waals surface area contributed by atoms with E-state index in [2.05, 4.69) is 20.8 Å². The molecule has 4 rings (SSSR count). The predicted octanol–water partition coefficient (Wildman–Crippen LogP) is 3.70. The molecule has 0 radical (unpaired) electrons. The standard InChI is InChI=1S/C27H46O5/c1-15(2)20(29)7-6-16(3)18-13-21(30)24-26(18,5)11-9-23-25(4)10-8-17(28)12-19(25)22(31)14-27(23,24)32/h15-20,22-24,28-29,31-32H,6-14H2,1-5H3/t16-,17+,18-,19?,20+,22+,23-,24-,25+,26-,27+/m1/s1. The summed E-state index contributed by atoms with van der Waals surface area (Å²) in [6, 6.07) is 0. The van der Waals surface area contributed by atoms with E-state index in [1.807, 2.05) is 13.8 Å². The van der Waals surface area contributed by atoms with Gasteiger partial charge in [-0.2, -0.15) is 0 Å². The van der Waals surface area contributed by atoms with Crippen LogP contribution in [0.5, 0.6) is 0 Å². The second kappa shape index (κ2) is 8.32. The van der Waals surface area contributed by atoms with Gasteiger partial charge in [-0.15, -0.1) is 0 Å². The van der Waals surface area contributed by atoms with E-state index in [0.717, 1.165) is 32.1 Å². The number of fused-ring (bicyclic) bond motifs is 5. The first-order valence-corrected chi connectivity index (χ1v) is 13.1. The number of carbonyl (C=O) groups is 1. The van der Waals surface area contributed by atoms with Crippen LogP contribution >= 0.6 is 0 Å². The lowest BCUT2D eigenvalue weighted by Gasteiger charge is -2.65. The van der Waals surface area contributed by atoms with Gasteiger partial charge in [-0.1, -0.05) is 34.6 Å². The average molecular weight is 451 g/mol. The third-order valence-electron chi connectivity index (χ3n) is 10.9. The molecule has 1 unspecified atom stereocenters. The van der Waals surface area contributed by atoms with E-state index in [0.29, 0.717) is 25.2 Å². The number of carbonyl (C=O) groups excluding carboxylic acids is 1. The Kier molecular flexibility index (Phi) is 6.40. The third-order valence-corrected chi connectivity index (χ3v) is 10.9. The number of aliphatic hydroxyl groups excluding tert-OH is 3. The number of aliphatic hydroxyl groups is 4. The summed E-state index contributed by atoms with van der Waals surface area (Å²) in [4.78, 5) is 13.5. The van der Waals surface area contributed by atoms with Crippen LogP contribution in [-0.2, 0) is 4.79 Å². The monoisotopic (exact) mass is 450 g/mol. The summed E-state index contributed by atoms with van der Waals surface area (Å²) in [6.07, 6.45) is 4.94. The summed E-state index contributed by atoms with van der Waals surface area (Å²) in [5, 5.41) is 43.9. The topological polar surface area (TPSA) is 98.0 Å². The molecule has 0 aromatic carbocycles. The summed E-state index contributed by atoms with van der Waals surface area (Å²) >= 11 is 0. The van der Waals surface area contributed by atoms with Crippen LogP contribution in [0.3, 0.4) is 0 Å². The Morgan fingerprint density at radius 1 is 1.03 bits per heavy atom. The van der Waals surface area contributed by atoms with Gasteiger partial charge in [0.15, 0.2) is 0 Å². The van der Waals surface area contributed by atoms with Crippen LogP contribution < -0.4 is 0 Å². The maximum atomic E-state index is 13.5. The number of hydrogen-bond acceptors (Lipinski definition) is 5. The molecule has 4 fully saturated rings. The van der Waals surface area contributed by atoms with Crippen LogP contribution in [0.2, 0.25) is 0 Å². The zero-order valence-corrected chi connectivity index (χ0v) is 20.8. The van der Waals surface area contributed by atoms with Gasteiger partial charge in [0.25, 0.3) is 0 Å². The highest BCUT2D eigenvalue weighted by molar-refractivity contribution is 5.86. The second-order valence-corrected chi connectivity index (χ2v) is 13.0. The van der Waals surface area contributed by atoms with Crippen LogP contribution in [0.1, 0.15) is 92.4 Å². The lowest BCUT2D eigenvalue weighted by molar-refractivity contribution is -0.250. The number of ketones is 1. The molecular formula is C27H46O5. The quantitative estimate of drug-likeness (QED) is 0.512. The van der Waals surface area contributed by atoms with Crippen molar-refractivity contribution in [3.05, 3.63) is 0 Å². The zero-order valence-electron chi connectivity index (χ0n) is 20.8. The number of Topliss-reactive ketones (excluding diaryl/α,β-unsaturated/α-hetero) is 1. The van der Waals surface area contributed by atoms with Crippen LogP contribution in [0, 0.1) is 46.3 Å². The molecule has 32 heavy (non-hydrogen) atoms. The highest BCUT2D eigenvalue weighted by Gasteiger charge is 2.70. The molecule has 0 saturated heterocycles. The minimum atomic E-state index is -1.16. The first kappa shape index (κ1) is 24.6. The summed E-state index contributed by atoms with van der Waals surface area (Å²) in [6.45, 7) is 10.7. The van der Waals surface area contributed by atoms with Gasteiger partial charge in [0, 0.05) is 12.8 Å². The summed E-state index contributed by atoms with van der Waals surface area (Å²) in [5.41, 5.74) is -1.66. The summed E-state index contributed by atoms with van der Waals surface area (Å²) in [5.74, 6) is 0.489. The molecule has 11 atom stereocenters. The van der Waals surface area contributed by atoms with Crippen molar-refractivity contribution in [2.45, 2.75) is 116 Å². The number of rotatable bonds is 5. The van der Waals surface area contributed by atoms with Gasteiger partial charge in [0.05, 0.1) is 29.8 Å². The molecule has 5 heteroatoms. The van der Waals surface area contributed by atoms with Crippen molar-refractivity contribution in [1.29, 1.82) is 0 Å². The minimum Gasteiger partial charge on any atom is -0.393 e. The molecule has 4 aliphatic rings. The molecule has 0 spiro atoms. The van der Waals surface area contributed by atoms with E-state index in [1.165, 1.54) is 0 Å². The smallest absolute Gasteiger partial charge is 0.139 e. The van der Waals surface area contributed by atoms with E-state index in [1.54, 1.807) is 0 Å². The first-order chi connectivity index (χ1) is 14.8. The van der Waals surface area contributed by atoms with E-state index in [9.17, 15) is 25.2 Å². The van der Waals surface area contributed by atoms with Gasteiger partial charge in [0.1, 0.15) is 5.78 Å². The van der Waals surface area contributed by atoms with Gasteiger partial charge in [-0.05, 0) is 85.4 Å². The zero-order chi connectivity index (χ0) is 23.6. The van der Waals surface area contributed by atoms with Gasteiger partial charge in [0.2, 0.25) is 0 Å². The van der Waals surface area contributed by atoms with Crippen LogP contribution in [0.25, 0.3) is 0 Å². The van der Waals surface area contributed by atoms with Crippen molar-refractivity contribution >= 4 is 5.78 Å². The van der Waals surface area contributed by atoms with Crippen molar-refractivity contribution in [2.24, 2.45) is 46.3 Å². The van der Waals surface area contributed by atoms with Crippen LogP contribution in [0.4, 0.5) is 0 Å². The predicted molar refractivity (Wildman–Crippen MR) is 124 cm³/mol.